The van der Waals surface area contributed by atoms with Gasteiger partial charge in [0.1, 0.15) is 11.5 Å². The fourth-order valence-electron chi connectivity index (χ4n) is 4.40. The second-order valence-corrected chi connectivity index (χ2v) is 8.78. The van der Waals surface area contributed by atoms with Crippen LogP contribution in [-0.4, -0.2) is 36.4 Å². The minimum atomic E-state index is -0.869. The van der Waals surface area contributed by atoms with Crippen LogP contribution in [0.5, 0.6) is 11.5 Å². The van der Waals surface area contributed by atoms with Gasteiger partial charge >= 0.3 is 11.9 Å². The smallest absolute Gasteiger partial charge is 0.310 e. The minimum Gasteiger partial charge on any atom is -0.496 e. The summed E-state index contributed by atoms with van der Waals surface area (Å²) in [6, 6.07) is 18.9. The number of ether oxygens (including phenoxy) is 2. The third-order valence-electron chi connectivity index (χ3n) is 6.69. The molecule has 0 aliphatic carbocycles. The summed E-state index contributed by atoms with van der Waals surface area (Å²) in [6.07, 6.45) is 3.93. The molecular weight excluding hydrogens is 456 g/mol. The van der Waals surface area contributed by atoms with Crippen LogP contribution in [-0.2, 0) is 9.59 Å². The molecule has 2 unspecified atom stereocenters. The topological polar surface area (TPSA) is 93.1 Å². The number of methoxy groups -OCH3 is 2. The molecule has 0 amide bonds. The largest absolute Gasteiger partial charge is 0.496 e. The molecule has 184 valence electrons. The van der Waals surface area contributed by atoms with Crippen molar-refractivity contribution < 1.29 is 29.3 Å². The lowest BCUT2D eigenvalue weighted by atomic mass is 9.94. The van der Waals surface area contributed by atoms with Crippen LogP contribution in [0, 0.1) is 0 Å². The molecule has 0 bridgehead atoms. The summed E-state index contributed by atoms with van der Waals surface area (Å²) in [5, 5.41) is 22.5. The number of hydrogen-bond donors (Lipinski definition) is 2. The second-order valence-electron chi connectivity index (χ2n) is 8.78. The second kappa shape index (κ2) is 10.1. The fraction of sp³-hybridized carbons (Fsp3) is 0.200. The van der Waals surface area contributed by atoms with Crippen molar-refractivity contribution in [2.45, 2.75) is 25.7 Å². The van der Waals surface area contributed by atoms with Crippen molar-refractivity contribution in [3.8, 4) is 11.5 Å². The van der Waals surface area contributed by atoms with Crippen LogP contribution < -0.4 is 9.47 Å². The highest BCUT2D eigenvalue weighted by Gasteiger charge is 2.17. The number of carbonyl (C=O) groups is 2. The van der Waals surface area contributed by atoms with Crippen LogP contribution in [0.1, 0.15) is 47.9 Å². The van der Waals surface area contributed by atoms with Gasteiger partial charge in [-0.15, -0.1) is 0 Å². The molecule has 6 nitrogen and oxygen atoms in total. The first-order valence-electron chi connectivity index (χ1n) is 11.6. The van der Waals surface area contributed by atoms with Crippen molar-refractivity contribution in [2.75, 3.05) is 14.2 Å². The Morgan fingerprint density at radius 2 is 1.06 bits per heavy atom. The number of carboxylic acids is 2. The minimum absolute atomic E-state index is 0.607. The van der Waals surface area contributed by atoms with E-state index in [2.05, 4.69) is 0 Å². The normalized spacial score (nSPS) is 13.1. The van der Waals surface area contributed by atoms with Gasteiger partial charge in [0.15, 0.2) is 0 Å². The van der Waals surface area contributed by atoms with Crippen molar-refractivity contribution in [2.24, 2.45) is 0 Å². The zero-order chi connectivity index (χ0) is 26.0. The molecule has 0 fully saturated rings. The van der Waals surface area contributed by atoms with E-state index < -0.39 is 23.8 Å². The highest BCUT2D eigenvalue weighted by Crippen LogP contribution is 2.35. The van der Waals surface area contributed by atoms with Crippen LogP contribution in [0.3, 0.4) is 0 Å². The maximum atomic E-state index is 11.4. The van der Waals surface area contributed by atoms with E-state index in [1.54, 1.807) is 28.1 Å². The average Bonchev–Trinajstić information content (AvgIpc) is 2.89. The Kier molecular flexibility index (Phi) is 6.97. The van der Waals surface area contributed by atoms with Crippen LogP contribution in [0.4, 0.5) is 0 Å². The summed E-state index contributed by atoms with van der Waals surface area (Å²) in [5.74, 6) is -1.57. The Morgan fingerprint density at radius 1 is 0.667 bits per heavy atom. The van der Waals surface area contributed by atoms with E-state index in [1.165, 1.54) is 0 Å². The first-order chi connectivity index (χ1) is 17.2. The van der Waals surface area contributed by atoms with Gasteiger partial charge in [-0.3, -0.25) is 9.59 Å². The quantitative estimate of drug-likeness (QED) is 0.275. The van der Waals surface area contributed by atoms with Gasteiger partial charge in [0.25, 0.3) is 0 Å². The lowest BCUT2D eigenvalue weighted by molar-refractivity contribution is -0.139. The van der Waals surface area contributed by atoms with Crippen molar-refractivity contribution in [1.82, 2.24) is 0 Å². The van der Waals surface area contributed by atoms with Crippen molar-refractivity contribution in [1.29, 1.82) is 0 Å². The van der Waals surface area contributed by atoms with Gasteiger partial charge in [-0.1, -0.05) is 48.5 Å². The molecule has 4 rings (SSSR count). The summed E-state index contributed by atoms with van der Waals surface area (Å²) in [6.45, 7) is 3.34. The van der Waals surface area contributed by atoms with Crippen molar-refractivity contribution >= 4 is 45.6 Å². The van der Waals surface area contributed by atoms with E-state index >= 15 is 0 Å². The lowest BCUT2D eigenvalue weighted by Crippen LogP contribution is -2.07. The van der Waals surface area contributed by atoms with E-state index in [0.717, 1.165) is 43.8 Å². The van der Waals surface area contributed by atoms with Crippen molar-refractivity contribution in [3.05, 3.63) is 82.9 Å². The monoisotopic (exact) mass is 484 g/mol. The Hall–Kier alpha value is -4.32. The van der Waals surface area contributed by atoms with Gasteiger partial charge in [-0.25, -0.2) is 0 Å². The van der Waals surface area contributed by atoms with E-state index in [-0.39, 0.29) is 0 Å². The zero-order valence-corrected chi connectivity index (χ0v) is 20.6. The van der Waals surface area contributed by atoms with E-state index in [1.807, 2.05) is 72.8 Å². The first-order valence-corrected chi connectivity index (χ1v) is 11.6. The van der Waals surface area contributed by atoms with E-state index in [0.29, 0.717) is 11.5 Å². The Morgan fingerprint density at radius 3 is 1.39 bits per heavy atom. The number of carboxylic acid groups (broad SMARTS) is 2. The summed E-state index contributed by atoms with van der Waals surface area (Å²) in [5.41, 5.74) is 3.19. The molecule has 4 aromatic rings. The molecule has 4 aromatic carbocycles. The van der Waals surface area contributed by atoms with E-state index in [9.17, 15) is 19.8 Å². The Labute approximate surface area is 209 Å². The summed E-state index contributed by atoms with van der Waals surface area (Å²) in [7, 11) is 3.23. The van der Waals surface area contributed by atoms with Gasteiger partial charge in [-0.2, -0.15) is 0 Å². The molecule has 36 heavy (non-hydrogen) atoms. The van der Waals surface area contributed by atoms with Gasteiger partial charge in [0.05, 0.1) is 26.1 Å². The molecule has 0 saturated carbocycles. The van der Waals surface area contributed by atoms with Gasteiger partial charge in [0.2, 0.25) is 0 Å². The van der Waals surface area contributed by atoms with Crippen LogP contribution in [0.2, 0.25) is 0 Å². The molecule has 0 aliphatic rings. The van der Waals surface area contributed by atoms with Crippen LogP contribution >= 0.6 is 0 Å². The van der Waals surface area contributed by atoms with Crippen LogP contribution in [0.15, 0.2) is 60.7 Å². The summed E-state index contributed by atoms with van der Waals surface area (Å²) < 4.78 is 11.3. The molecule has 0 saturated heterocycles. The average molecular weight is 485 g/mol. The van der Waals surface area contributed by atoms with Gasteiger partial charge < -0.3 is 19.7 Å². The number of rotatable bonds is 8. The fourth-order valence-corrected chi connectivity index (χ4v) is 4.40. The molecule has 0 radical (unpaired) electrons. The summed E-state index contributed by atoms with van der Waals surface area (Å²) in [4.78, 5) is 22.9. The predicted molar refractivity (Wildman–Crippen MR) is 142 cm³/mol. The lowest BCUT2D eigenvalue weighted by Gasteiger charge is -2.14. The Balaban J connectivity index is 1.85. The molecule has 2 N–H and O–H groups in total. The molecule has 0 spiro atoms. The highest BCUT2D eigenvalue weighted by atomic mass is 16.5. The van der Waals surface area contributed by atoms with Gasteiger partial charge in [-0.05, 0) is 70.8 Å². The number of aliphatic carboxylic acids is 2. The predicted octanol–water partition coefficient (Wildman–Crippen LogP) is 6.56. The number of fused-ring (bicyclic) bond motifs is 2. The Bertz CT molecular complexity index is 1390. The van der Waals surface area contributed by atoms with Gasteiger partial charge in [0, 0.05) is 11.1 Å². The zero-order valence-electron chi connectivity index (χ0n) is 20.6. The standard InChI is InChI=1S/C30H28O6/c1-17(29(31)32)19-5-9-23-21(15-19)7-13-27(35-3)25(23)11-12-26-24-10-6-20(18(2)30(33)34)16-22(24)8-14-28(26)36-4/h5-18H,1-4H3,(H,31,32)(H,33,34)/b12-11+. The molecule has 2 atom stereocenters. The molecule has 0 aromatic heterocycles. The SMILES string of the molecule is COc1ccc2cc(C(C)C(=O)O)ccc2c1/C=C/c1c(OC)ccc2cc(C(C)C(=O)O)ccc12. The molecule has 0 aliphatic heterocycles. The maximum absolute atomic E-state index is 11.4. The summed E-state index contributed by atoms with van der Waals surface area (Å²) >= 11 is 0. The third kappa shape index (κ3) is 4.62. The van der Waals surface area contributed by atoms with E-state index in [4.69, 9.17) is 9.47 Å². The van der Waals surface area contributed by atoms with Crippen molar-refractivity contribution in [3.63, 3.8) is 0 Å². The molecule has 0 heterocycles. The number of hydrogen-bond acceptors (Lipinski definition) is 4. The maximum Gasteiger partial charge on any atom is 0.310 e. The molecule has 6 heteroatoms. The third-order valence-corrected chi connectivity index (χ3v) is 6.69. The molecular formula is C30H28O6. The first kappa shape index (κ1) is 24.8. The highest BCUT2D eigenvalue weighted by molar-refractivity contribution is 6.00. The van der Waals surface area contributed by atoms with Crippen LogP contribution in [0.25, 0.3) is 33.7 Å². The number of benzene rings is 4.